The lowest BCUT2D eigenvalue weighted by molar-refractivity contribution is -0.137. The Morgan fingerprint density at radius 3 is 2.68 bits per heavy atom. The van der Waals surface area contributed by atoms with Crippen LogP contribution in [0.5, 0.6) is 0 Å². The highest BCUT2D eigenvalue weighted by Gasteiger charge is 2.37. The molecule has 0 radical (unpaired) electrons. The van der Waals surface area contributed by atoms with Crippen molar-refractivity contribution in [3.63, 3.8) is 0 Å². The quantitative estimate of drug-likeness (QED) is 0.704. The first-order valence-corrected chi connectivity index (χ1v) is 9.25. The summed E-state index contributed by atoms with van der Waals surface area (Å²) in [6, 6.07) is 3.95. The van der Waals surface area contributed by atoms with Crippen molar-refractivity contribution in [3.8, 4) is 0 Å². The molecule has 0 spiro atoms. The second-order valence-corrected chi connectivity index (χ2v) is 7.62. The van der Waals surface area contributed by atoms with E-state index in [-0.39, 0.29) is 29.6 Å². The third-order valence-corrected chi connectivity index (χ3v) is 4.56. The predicted molar refractivity (Wildman–Crippen MR) is 110 cm³/mol. The summed E-state index contributed by atoms with van der Waals surface area (Å²) >= 11 is 0. The van der Waals surface area contributed by atoms with Crippen LogP contribution in [-0.4, -0.2) is 40.5 Å². The zero-order valence-corrected chi connectivity index (χ0v) is 16.9. The van der Waals surface area contributed by atoms with Crippen molar-refractivity contribution in [2.24, 2.45) is 0 Å². The Morgan fingerprint density at radius 2 is 2.13 bits per heavy atom. The van der Waals surface area contributed by atoms with E-state index < -0.39 is 29.2 Å². The summed E-state index contributed by atoms with van der Waals surface area (Å²) in [6.07, 6.45) is -2.03. The lowest BCUT2D eigenvalue weighted by atomic mass is 10.1. The smallest absolute Gasteiger partial charge is 0.383 e. The van der Waals surface area contributed by atoms with Gasteiger partial charge in [-0.3, -0.25) is 9.69 Å². The first-order valence-electron chi connectivity index (χ1n) is 9.25. The summed E-state index contributed by atoms with van der Waals surface area (Å²) < 4.78 is 39.2. The molecular weight excluding hydrogens is 413 g/mol. The minimum Gasteiger partial charge on any atom is -0.383 e. The molecule has 31 heavy (non-hydrogen) atoms. The number of nitrogen functional groups attached to an aromatic ring is 1. The molecule has 1 aromatic carbocycles. The van der Waals surface area contributed by atoms with Gasteiger partial charge >= 0.3 is 12.2 Å². The minimum absolute atomic E-state index is 0.0175. The zero-order valence-electron chi connectivity index (χ0n) is 16.9. The van der Waals surface area contributed by atoms with Crippen molar-refractivity contribution < 1.29 is 22.8 Å². The number of rotatable bonds is 5. The molecule has 164 valence electrons. The Balaban J connectivity index is 1.93. The molecule has 8 nitrogen and oxygen atoms in total. The molecule has 0 saturated carbocycles. The molecule has 2 heterocycles. The number of amides is 3. The number of nitrogens with two attached hydrogens (primary N) is 1. The number of alkyl halides is 3. The first kappa shape index (κ1) is 22.1. The van der Waals surface area contributed by atoms with Gasteiger partial charge in [0.25, 0.3) is 5.91 Å². The summed E-state index contributed by atoms with van der Waals surface area (Å²) in [4.78, 5) is 35.7. The lowest BCUT2D eigenvalue weighted by Gasteiger charge is -2.23. The number of nitrogens with zero attached hydrogens (tertiary/aromatic N) is 4. The minimum atomic E-state index is -4.56. The molecule has 2 aromatic rings. The van der Waals surface area contributed by atoms with Gasteiger partial charge < -0.3 is 16.0 Å². The van der Waals surface area contributed by atoms with Crippen LogP contribution >= 0.6 is 0 Å². The van der Waals surface area contributed by atoms with Crippen molar-refractivity contribution >= 4 is 29.4 Å². The van der Waals surface area contributed by atoms with Crippen LogP contribution in [0.1, 0.15) is 29.8 Å². The first-order chi connectivity index (χ1) is 14.4. The molecule has 1 fully saturated rings. The van der Waals surface area contributed by atoms with E-state index in [2.05, 4.69) is 21.9 Å². The van der Waals surface area contributed by atoms with E-state index in [0.717, 1.165) is 23.2 Å². The predicted octanol–water partition coefficient (Wildman–Crippen LogP) is 3.22. The molecule has 3 rings (SSSR count). The Morgan fingerprint density at radius 1 is 1.42 bits per heavy atom. The van der Waals surface area contributed by atoms with Gasteiger partial charge in [0.2, 0.25) is 5.95 Å². The van der Waals surface area contributed by atoms with Gasteiger partial charge in [0.15, 0.2) is 0 Å². The van der Waals surface area contributed by atoms with Gasteiger partial charge in [-0.2, -0.15) is 18.2 Å². The number of hydrogen-bond donors (Lipinski definition) is 2. The topological polar surface area (TPSA) is 104 Å². The highest BCUT2D eigenvalue weighted by atomic mass is 19.4. The molecular formula is C20H21F3N6O2. The highest BCUT2D eigenvalue weighted by Crippen LogP contribution is 2.32. The molecule has 0 atom stereocenters. The Bertz CT molecular complexity index is 1040. The summed E-state index contributed by atoms with van der Waals surface area (Å²) in [7, 11) is 0. The summed E-state index contributed by atoms with van der Waals surface area (Å²) in [6.45, 7) is 7.44. The van der Waals surface area contributed by atoms with Crippen LogP contribution in [-0.2, 0) is 6.18 Å². The van der Waals surface area contributed by atoms with Crippen LogP contribution in [0.15, 0.2) is 43.1 Å². The molecule has 0 aliphatic carbocycles. The Kier molecular flexibility index (Phi) is 5.62. The normalized spacial score (nSPS) is 15.5. The molecule has 1 saturated heterocycles. The number of aromatic nitrogens is 2. The number of nitrogens with one attached hydrogen (secondary N) is 1. The summed E-state index contributed by atoms with van der Waals surface area (Å²) in [5.74, 6) is -0.880. The summed E-state index contributed by atoms with van der Waals surface area (Å²) in [5.41, 5.74) is 4.47. The molecule has 3 amide bonds. The van der Waals surface area contributed by atoms with Gasteiger partial charge in [0, 0.05) is 18.4 Å². The van der Waals surface area contributed by atoms with Crippen LogP contribution < -0.4 is 20.9 Å². The largest absolute Gasteiger partial charge is 0.416 e. The molecule has 0 unspecified atom stereocenters. The van der Waals surface area contributed by atoms with Crippen LogP contribution in [0.3, 0.4) is 0 Å². The maximum absolute atomic E-state index is 13.1. The van der Waals surface area contributed by atoms with E-state index in [4.69, 9.17) is 5.73 Å². The summed E-state index contributed by atoms with van der Waals surface area (Å²) in [5, 5.41) is 2.76. The maximum atomic E-state index is 13.1. The number of carbonyl (C=O) groups is 2. The van der Waals surface area contributed by atoms with Crippen molar-refractivity contribution in [3.05, 3.63) is 54.2 Å². The van der Waals surface area contributed by atoms with E-state index in [1.165, 1.54) is 23.1 Å². The van der Waals surface area contributed by atoms with E-state index in [1.54, 1.807) is 0 Å². The van der Waals surface area contributed by atoms with Crippen LogP contribution in [0.25, 0.3) is 0 Å². The second-order valence-electron chi connectivity index (χ2n) is 7.62. The average molecular weight is 434 g/mol. The van der Waals surface area contributed by atoms with Crippen LogP contribution in [0.2, 0.25) is 0 Å². The Hall–Kier alpha value is -3.63. The van der Waals surface area contributed by atoms with Gasteiger partial charge in [0.1, 0.15) is 11.4 Å². The SMILES string of the molecule is C=CCN(C(=O)c1cnc(N2CC(C)(C)NC2=O)nc1N)c1cccc(C(F)(F)F)c1. The maximum Gasteiger partial charge on any atom is 0.416 e. The second kappa shape index (κ2) is 7.89. The van der Waals surface area contributed by atoms with E-state index in [0.29, 0.717) is 6.54 Å². The van der Waals surface area contributed by atoms with E-state index in [1.807, 2.05) is 13.8 Å². The number of hydrogen-bond acceptors (Lipinski definition) is 5. The van der Waals surface area contributed by atoms with Crippen LogP contribution in [0, 0.1) is 0 Å². The number of anilines is 3. The zero-order chi connectivity index (χ0) is 23.0. The van der Waals surface area contributed by atoms with E-state index in [9.17, 15) is 22.8 Å². The average Bonchev–Trinajstić information content (AvgIpc) is 2.97. The fraction of sp³-hybridized carbons (Fsp3) is 0.300. The Labute approximate surface area is 176 Å². The monoisotopic (exact) mass is 434 g/mol. The lowest BCUT2D eigenvalue weighted by Crippen LogP contribution is -2.36. The van der Waals surface area contributed by atoms with Crippen LogP contribution in [0.4, 0.5) is 35.4 Å². The fourth-order valence-electron chi connectivity index (χ4n) is 3.14. The molecule has 1 aromatic heterocycles. The van der Waals surface area contributed by atoms with Crippen molar-refractivity contribution in [2.45, 2.75) is 25.6 Å². The van der Waals surface area contributed by atoms with Crippen molar-refractivity contribution in [1.29, 1.82) is 0 Å². The van der Waals surface area contributed by atoms with Gasteiger partial charge in [0.05, 0.1) is 17.6 Å². The van der Waals surface area contributed by atoms with Gasteiger partial charge in [-0.25, -0.2) is 9.78 Å². The molecule has 3 N–H and O–H groups in total. The number of urea groups is 1. The van der Waals surface area contributed by atoms with Crippen molar-refractivity contribution in [2.75, 3.05) is 28.6 Å². The molecule has 1 aliphatic heterocycles. The number of halogens is 3. The standard InChI is InChI=1S/C20H21F3N6O2/c1-4-8-28(13-7-5-6-12(9-13)20(21,22)23)16(30)14-10-25-17(26-15(14)24)29-11-19(2,3)27-18(29)31/h4-7,9-10H,1,8,11H2,2-3H3,(H,27,31)(H2,24,25,26). The van der Waals surface area contributed by atoms with Gasteiger partial charge in [-0.15, -0.1) is 6.58 Å². The van der Waals surface area contributed by atoms with E-state index >= 15 is 0 Å². The van der Waals surface area contributed by atoms with Gasteiger partial charge in [-0.1, -0.05) is 12.1 Å². The molecule has 1 aliphatic rings. The number of benzene rings is 1. The third-order valence-electron chi connectivity index (χ3n) is 4.56. The number of carbonyl (C=O) groups excluding carboxylic acids is 2. The highest BCUT2D eigenvalue weighted by molar-refractivity contribution is 6.09. The fourth-order valence-corrected chi connectivity index (χ4v) is 3.14. The molecule has 0 bridgehead atoms. The molecule has 11 heteroatoms. The third kappa shape index (κ3) is 4.60. The van der Waals surface area contributed by atoms with Gasteiger partial charge in [-0.05, 0) is 32.0 Å². The van der Waals surface area contributed by atoms with Crippen molar-refractivity contribution in [1.82, 2.24) is 15.3 Å².